The maximum atomic E-state index is 10.7. The summed E-state index contributed by atoms with van der Waals surface area (Å²) >= 11 is 0. The number of aryl methyl sites for hydroxylation is 1. The lowest BCUT2D eigenvalue weighted by Crippen LogP contribution is -2.27. The normalized spacial score (nSPS) is 15.1. The number of piperidine rings is 1. The molecule has 4 heteroatoms. The van der Waals surface area contributed by atoms with E-state index in [1.807, 2.05) is 18.2 Å². The summed E-state index contributed by atoms with van der Waals surface area (Å²) in [6.07, 6.45) is 5.88. The van der Waals surface area contributed by atoms with E-state index in [9.17, 15) is 4.79 Å². The summed E-state index contributed by atoms with van der Waals surface area (Å²) in [4.78, 5) is 10.7. The fourth-order valence-corrected chi connectivity index (χ4v) is 2.47. The first kappa shape index (κ1) is 17.8. The Labute approximate surface area is 128 Å². The van der Waals surface area contributed by atoms with Crippen molar-refractivity contribution in [3.05, 3.63) is 35.4 Å². The van der Waals surface area contributed by atoms with Crippen molar-refractivity contribution in [2.45, 2.75) is 25.7 Å². The monoisotopic (exact) mass is 292 g/mol. The summed E-state index contributed by atoms with van der Waals surface area (Å²) in [6, 6.07) is 7.96. The zero-order chi connectivity index (χ0) is 15.3. The van der Waals surface area contributed by atoms with Gasteiger partial charge in [-0.15, -0.1) is 0 Å². The molecule has 4 nitrogen and oxygen atoms in total. The molecule has 3 N–H and O–H groups in total. The summed E-state index contributed by atoms with van der Waals surface area (Å²) in [5.74, 6) is 0.862. The largest absolute Gasteiger partial charge is 0.395 e. The summed E-state index contributed by atoms with van der Waals surface area (Å²) < 4.78 is 0. The number of hydrogen-bond donors (Lipinski definition) is 3. The third-order valence-electron chi connectivity index (χ3n) is 3.75. The molecule has 0 unspecified atom stereocenters. The van der Waals surface area contributed by atoms with Crippen molar-refractivity contribution in [1.29, 1.82) is 0 Å². The topological polar surface area (TPSA) is 61.4 Å². The van der Waals surface area contributed by atoms with Gasteiger partial charge in [-0.2, -0.15) is 0 Å². The minimum atomic E-state index is 0.233. The van der Waals surface area contributed by atoms with Crippen LogP contribution >= 0.6 is 0 Å². The first-order valence-corrected chi connectivity index (χ1v) is 7.80. The number of likely N-dealkylation sites (N-methyl/N-ethyl adjacent to an activating group) is 1. The highest BCUT2D eigenvalue weighted by Gasteiger charge is 2.12. The quantitative estimate of drug-likeness (QED) is 0.698. The van der Waals surface area contributed by atoms with E-state index < -0.39 is 0 Å². The number of aldehydes is 1. The summed E-state index contributed by atoms with van der Waals surface area (Å²) in [7, 11) is 1.80. The van der Waals surface area contributed by atoms with Crippen LogP contribution in [-0.4, -0.2) is 44.7 Å². The maximum Gasteiger partial charge on any atom is 0.150 e. The third kappa shape index (κ3) is 7.95. The molecule has 2 rings (SSSR count). The first-order valence-electron chi connectivity index (χ1n) is 7.80. The summed E-state index contributed by atoms with van der Waals surface area (Å²) in [6.45, 7) is 3.26. The van der Waals surface area contributed by atoms with E-state index in [1.54, 1.807) is 7.05 Å². The molecule has 0 bridgehead atoms. The Kier molecular flexibility index (Phi) is 9.70. The van der Waals surface area contributed by atoms with Crippen LogP contribution in [0.15, 0.2) is 24.3 Å². The van der Waals surface area contributed by atoms with Gasteiger partial charge in [-0.3, -0.25) is 4.79 Å². The zero-order valence-electron chi connectivity index (χ0n) is 13.0. The molecule has 1 fully saturated rings. The molecule has 1 aromatic rings. The lowest BCUT2D eigenvalue weighted by molar-refractivity contribution is 0.112. The van der Waals surface area contributed by atoms with Gasteiger partial charge in [0.15, 0.2) is 0 Å². The molecule has 0 atom stereocenters. The van der Waals surface area contributed by atoms with E-state index in [1.165, 1.54) is 37.9 Å². The Morgan fingerprint density at radius 2 is 2.14 bits per heavy atom. The van der Waals surface area contributed by atoms with Gasteiger partial charge in [0.25, 0.3) is 0 Å². The van der Waals surface area contributed by atoms with Gasteiger partial charge in [-0.05, 0) is 63.4 Å². The second-order valence-electron chi connectivity index (χ2n) is 5.42. The highest BCUT2D eigenvalue weighted by molar-refractivity contribution is 5.74. The second kappa shape index (κ2) is 11.4. The SMILES string of the molecule is CNCCO.O=Cc1cccc(CCC2CCNCC2)c1. The van der Waals surface area contributed by atoms with E-state index in [2.05, 4.69) is 16.7 Å². The van der Waals surface area contributed by atoms with Crippen LogP contribution < -0.4 is 10.6 Å². The molecule has 0 amide bonds. The molecule has 0 aliphatic carbocycles. The lowest BCUT2D eigenvalue weighted by Gasteiger charge is -2.22. The molecule has 0 spiro atoms. The average Bonchev–Trinajstić information content (AvgIpc) is 2.55. The Morgan fingerprint density at radius 3 is 2.71 bits per heavy atom. The summed E-state index contributed by atoms with van der Waals surface area (Å²) in [5, 5.41) is 14.2. The van der Waals surface area contributed by atoms with Gasteiger partial charge in [0.1, 0.15) is 6.29 Å². The molecule has 0 aromatic heterocycles. The van der Waals surface area contributed by atoms with Crippen molar-refractivity contribution in [3.63, 3.8) is 0 Å². The minimum absolute atomic E-state index is 0.233. The predicted molar refractivity (Wildman–Crippen MR) is 86.8 cm³/mol. The Morgan fingerprint density at radius 1 is 1.38 bits per heavy atom. The van der Waals surface area contributed by atoms with Crippen LogP contribution in [-0.2, 0) is 6.42 Å². The summed E-state index contributed by atoms with van der Waals surface area (Å²) in [5.41, 5.74) is 2.09. The van der Waals surface area contributed by atoms with Crippen LogP contribution in [0.2, 0.25) is 0 Å². The first-order chi connectivity index (χ1) is 10.3. The van der Waals surface area contributed by atoms with E-state index in [0.717, 1.165) is 24.2 Å². The van der Waals surface area contributed by atoms with Gasteiger partial charge in [0, 0.05) is 12.1 Å². The highest BCUT2D eigenvalue weighted by Crippen LogP contribution is 2.18. The fraction of sp³-hybridized carbons (Fsp3) is 0.588. The number of aliphatic hydroxyl groups is 1. The predicted octanol–water partition coefficient (Wildman–Crippen LogP) is 1.63. The van der Waals surface area contributed by atoms with Crippen LogP contribution in [0.5, 0.6) is 0 Å². The van der Waals surface area contributed by atoms with Gasteiger partial charge in [-0.1, -0.05) is 18.2 Å². The van der Waals surface area contributed by atoms with Crippen LogP contribution in [0.4, 0.5) is 0 Å². The molecular weight excluding hydrogens is 264 g/mol. The smallest absolute Gasteiger partial charge is 0.150 e. The number of benzene rings is 1. The Balaban J connectivity index is 0.000000383. The van der Waals surface area contributed by atoms with Crippen LogP contribution in [0.25, 0.3) is 0 Å². The standard InChI is InChI=1S/C14H19NO.C3H9NO/c16-11-14-3-1-2-13(10-14)5-4-12-6-8-15-9-7-12;1-4-2-3-5/h1-3,10-12,15H,4-9H2;4-5H,2-3H2,1H3. The fourth-order valence-electron chi connectivity index (χ4n) is 2.47. The molecule has 1 aliphatic heterocycles. The van der Waals surface area contributed by atoms with Crippen molar-refractivity contribution in [3.8, 4) is 0 Å². The Hall–Kier alpha value is -1.23. The average molecular weight is 292 g/mol. The van der Waals surface area contributed by atoms with Crippen LogP contribution in [0.1, 0.15) is 35.2 Å². The van der Waals surface area contributed by atoms with Crippen molar-refractivity contribution >= 4 is 6.29 Å². The van der Waals surface area contributed by atoms with Crippen molar-refractivity contribution < 1.29 is 9.90 Å². The van der Waals surface area contributed by atoms with Crippen molar-refractivity contribution in [1.82, 2.24) is 10.6 Å². The number of carbonyl (C=O) groups is 1. The van der Waals surface area contributed by atoms with E-state index in [4.69, 9.17) is 5.11 Å². The van der Waals surface area contributed by atoms with Gasteiger partial charge >= 0.3 is 0 Å². The number of carbonyl (C=O) groups excluding carboxylic acids is 1. The van der Waals surface area contributed by atoms with E-state index in [-0.39, 0.29) is 6.61 Å². The third-order valence-corrected chi connectivity index (χ3v) is 3.75. The molecule has 1 aromatic carbocycles. The Bertz CT molecular complexity index is 388. The van der Waals surface area contributed by atoms with Gasteiger partial charge < -0.3 is 15.7 Å². The van der Waals surface area contributed by atoms with E-state index >= 15 is 0 Å². The van der Waals surface area contributed by atoms with Crippen molar-refractivity contribution in [2.75, 3.05) is 33.3 Å². The highest BCUT2D eigenvalue weighted by atomic mass is 16.3. The van der Waals surface area contributed by atoms with Crippen molar-refractivity contribution in [2.24, 2.45) is 5.92 Å². The molecule has 1 saturated heterocycles. The van der Waals surface area contributed by atoms with Crippen LogP contribution in [0, 0.1) is 5.92 Å². The molecule has 118 valence electrons. The van der Waals surface area contributed by atoms with E-state index in [0.29, 0.717) is 6.54 Å². The number of aliphatic hydroxyl groups excluding tert-OH is 1. The zero-order valence-corrected chi connectivity index (χ0v) is 13.0. The number of hydrogen-bond acceptors (Lipinski definition) is 4. The number of nitrogens with one attached hydrogen (secondary N) is 2. The van der Waals surface area contributed by atoms with Gasteiger partial charge in [-0.25, -0.2) is 0 Å². The van der Waals surface area contributed by atoms with Crippen LogP contribution in [0.3, 0.4) is 0 Å². The molecule has 0 radical (unpaired) electrons. The number of rotatable bonds is 6. The molecule has 21 heavy (non-hydrogen) atoms. The van der Waals surface area contributed by atoms with Gasteiger partial charge in [0.05, 0.1) is 6.61 Å². The molecule has 1 heterocycles. The van der Waals surface area contributed by atoms with Gasteiger partial charge in [0.2, 0.25) is 0 Å². The molecule has 1 aliphatic rings. The lowest BCUT2D eigenvalue weighted by atomic mass is 9.91. The second-order valence-corrected chi connectivity index (χ2v) is 5.42. The molecular formula is C17H28N2O2. The maximum absolute atomic E-state index is 10.7. The molecule has 0 saturated carbocycles. The minimum Gasteiger partial charge on any atom is -0.395 e.